The van der Waals surface area contributed by atoms with Gasteiger partial charge in [-0.25, -0.2) is 0 Å². The fourth-order valence-corrected chi connectivity index (χ4v) is 6.28. The SMILES string of the molecule is C.CC(C)(C)c1c(Cl)cccc1Cl.Cc1ccc(C(C)(C)C)c(C)c1.Cc1ccc(C(C)(C)C)cc1.Cc1ccc(C(C)(C)C)cc1C(F)(F)F. The quantitative estimate of drug-likeness (QED) is 0.168. The predicted molar refractivity (Wildman–Crippen MR) is 221 cm³/mol. The molecular weight excluding hydrogens is 680 g/mol. The molecule has 5 heteroatoms. The molecule has 4 aromatic rings. The normalized spacial score (nSPS) is 11.9. The largest absolute Gasteiger partial charge is 0.416 e. The maximum atomic E-state index is 12.6. The van der Waals surface area contributed by atoms with Crippen LogP contribution in [0.1, 0.15) is 141 Å². The zero-order valence-electron chi connectivity index (χ0n) is 33.4. The Hall–Kier alpha value is -2.75. The molecule has 0 saturated heterocycles. The molecule has 0 amide bonds. The van der Waals surface area contributed by atoms with E-state index in [0.29, 0.717) is 5.56 Å². The summed E-state index contributed by atoms with van der Waals surface area (Å²) in [6, 6.07) is 25.6. The summed E-state index contributed by atoms with van der Waals surface area (Å²) in [4.78, 5) is 0. The molecule has 0 bridgehead atoms. The van der Waals surface area contributed by atoms with Crippen molar-refractivity contribution in [1.82, 2.24) is 0 Å². The first-order valence-electron chi connectivity index (χ1n) is 17.2. The van der Waals surface area contributed by atoms with Crippen LogP contribution in [0.4, 0.5) is 13.2 Å². The molecule has 0 spiro atoms. The van der Waals surface area contributed by atoms with Gasteiger partial charge in [-0.1, -0.05) is 186 Å². The highest BCUT2D eigenvalue weighted by atomic mass is 35.5. The van der Waals surface area contributed by atoms with Crippen molar-refractivity contribution < 1.29 is 13.2 Å². The lowest BCUT2D eigenvalue weighted by molar-refractivity contribution is -0.138. The van der Waals surface area contributed by atoms with Crippen LogP contribution in [0.25, 0.3) is 0 Å². The van der Waals surface area contributed by atoms with E-state index in [9.17, 15) is 13.2 Å². The Balaban J connectivity index is 0.000000654. The molecule has 0 radical (unpaired) electrons. The van der Waals surface area contributed by atoms with Crippen molar-refractivity contribution in [3.63, 3.8) is 0 Å². The van der Waals surface area contributed by atoms with Crippen LogP contribution < -0.4 is 0 Å². The van der Waals surface area contributed by atoms with Gasteiger partial charge in [-0.3, -0.25) is 0 Å². The standard InChI is InChI=1S/C12H15F3.C12H18.C11H16.C10H12Cl2.CH4/c1-8-5-6-9(11(2,3)4)7-10(8)12(13,14)15;1-9-6-7-11(10(2)8-9)12(3,4)5;1-9-5-7-10(8-6-9)11(2,3)4;1-10(2,3)9-7(11)5-4-6-8(9)12;/h5-7H,1-4H3;6-8H,1-5H3;5-8H,1-4H3;4-6H,1-3H3;1H4. The number of hydrogen-bond acceptors (Lipinski definition) is 0. The maximum absolute atomic E-state index is 12.6. The Kier molecular flexibility index (Phi) is 17.8. The van der Waals surface area contributed by atoms with Gasteiger partial charge in [0.25, 0.3) is 0 Å². The van der Waals surface area contributed by atoms with E-state index in [2.05, 4.69) is 126 Å². The summed E-state index contributed by atoms with van der Waals surface area (Å²) in [5, 5.41) is 1.49. The molecule has 0 heterocycles. The minimum Gasteiger partial charge on any atom is -0.166 e. The first-order valence-corrected chi connectivity index (χ1v) is 18.0. The molecule has 4 rings (SSSR count). The van der Waals surface area contributed by atoms with Crippen molar-refractivity contribution in [2.45, 2.75) is 146 Å². The molecule has 0 aliphatic carbocycles. The Bertz CT molecular complexity index is 1630. The summed E-state index contributed by atoms with van der Waals surface area (Å²) in [5.41, 5.74) is 8.73. The summed E-state index contributed by atoms with van der Waals surface area (Å²) >= 11 is 12.1. The van der Waals surface area contributed by atoms with Gasteiger partial charge in [-0.2, -0.15) is 13.2 Å². The molecular formula is C46H65Cl2F3. The molecule has 51 heavy (non-hydrogen) atoms. The smallest absolute Gasteiger partial charge is 0.166 e. The van der Waals surface area contributed by atoms with Gasteiger partial charge in [0.15, 0.2) is 0 Å². The molecule has 0 aromatic heterocycles. The second kappa shape index (κ2) is 18.8. The lowest BCUT2D eigenvalue weighted by Gasteiger charge is -2.21. The number of aryl methyl sites for hydroxylation is 4. The molecule has 0 atom stereocenters. The molecule has 0 aliphatic heterocycles. The van der Waals surface area contributed by atoms with E-state index < -0.39 is 11.7 Å². The second-order valence-corrected chi connectivity index (χ2v) is 18.1. The average molecular weight is 746 g/mol. The van der Waals surface area contributed by atoms with Crippen molar-refractivity contribution in [2.75, 3.05) is 0 Å². The first-order chi connectivity index (χ1) is 22.5. The van der Waals surface area contributed by atoms with Crippen LogP contribution in [-0.2, 0) is 27.8 Å². The lowest BCUT2D eigenvalue weighted by Crippen LogP contribution is -2.14. The van der Waals surface area contributed by atoms with Gasteiger partial charge in [0.05, 0.1) is 5.56 Å². The molecule has 0 N–H and O–H groups in total. The van der Waals surface area contributed by atoms with E-state index in [0.717, 1.165) is 15.6 Å². The van der Waals surface area contributed by atoms with Crippen molar-refractivity contribution >= 4 is 23.2 Å². The second-order valence-electron chi connectivity index (χ2n) is 17.3. The highest BCUT2D eigenvalue weighted by molar-refractivity contribution is 6.36. The molecule has 0 saturated carbocycles. The maximum Gasteiger partial charge on any atom is 0.416 e. The molecule has 0 unspecified atom stereocenters. The van der Waals surface area contributed by atoms with E-state index in [1.54, 1.807) is 6.07 Å². The van der Waals surface area contributed by atoms with Crippen LogP contribution in [0.2, 0.25) is 10.0 Å². The van der Waals surface area contributed by atoms with E-state index in [1.165, 1.54) is 46.9 Å². The number of hydrogen-bond donors (Lipinski definition) is 0. The fourth-order valence-electron chi connectivity index (χ4n) is 5.32. The van der Waals surface area contributed by atoms with E-state index in [-0.39, 0.29) is 34.7 Å². The highest BCUT2D eigenvalue weighted by Gasteiger charge is 2.33. The van der Waals surface area contributed by atoms with Crippen LogP contribution in [0, 0.1) is 27.7 Å². The number of alkyl halides is 3. The van der Waals surface area contributed by atoms with Gasteiger partial charge in [0, 0.05) is 10.0 Å². The predicted octanol–water partition coefficient (Wildman–Crippen LogP) is 16.1. The van der Waals surface area contributed by atoms with Gasteiger partial charge < -0.3 is 0 Å². The van der Waals surface area contributed by atoms with Crippen molar-refractivity contribution in [3.8, 4) is 0 Å². The number of rotatable bonds is 0. The van der Waals surface area contributed by atoms with Gasteiger partial charge in [0.1, 0.15) is 0 Å². The summed E-state index contributed by atoms with van der Waals surface area (Å²) in [7, 11) is 0. The van der Waals surface area contributed by atoms with Gasteiger partial charge in [-0.05, 0) is 101 Å². The van der Waals surface area contributed by atoms with Crippen molar-refractivity contribution in [2.24, 2.45) is 0 Å². The van der Waals surface area contributed by atoms with E-state index >= 15 is 0 Å². The Morgan fingerprint density at radius 1 is 0.431 bits per heavy atom. The summed E-state index contributed by atoms with van der Waals surface area (Å²) < 4.78 is 37.9. The van der Waals surface area contributed by atoms with Crippen LogP contribution in [0.5, 0.6) is 0 Å². The Labute approximate surface area is 320 Å². The minimum atomic E-state index is -4.26. The van der Waals surface area contributed by atoms with Crippen LogP contribution in [0.3, 0.4) is 0 Å². The molecule has 0 fully saturated rings. The molecule has 0 aliphatic rings. The summed E-state index contributed by atoms with van der Waals surface area (Å²) in [6.07, 6.45) is -4.26. The number of halogens is 5. The third-order valence-electron chi connectivity index (χ3n) is 8.23. The molecule has 0 nitrogen and oxygen atoms in total. The summed E-state index contributed by atoms with van der Waals surface area (Å²) in [5.74, 6) is 0. The summed E-state index contributed by atoms with van der Waals surface area (Å²) in [6.45, 7) is 33.4. The zero-order chi connectivity index (χ0) is 39.0. The number of benzene rings is 4. The topological polar surface area (TPSA) is 0 Å². The highest BCUT2D eigenvalue weighted by Crippen LogP contribution is 2.36. The van der Waals surface area contributed by atoms with Crippen molar-refractivity contribution in [1.29, 1.82) is 0 Å². The Morgan fingerprint density at radius 3 is 1.22 bits per heavy atom. The van der Waals surface area contributed by atoms with Crippen LogP contribution >= 0.6 is 23.2 Å². The monoisotopic (exact) mass is 744 g/mol. The van der Waals surface area contributed by atoms with Crippen LogP contribution in [-0.4, -0.2) is 0 Å². The third-order valence-corrected chi connectivity index (χ3v) is 8.86. The van der Waals surface area contributed by atoms with Gasteiger partial charge in [-0.15, -0.1) is 0 Å². The average Bonchev–Trinajstić information content (AvgIpc) is 2.91. The molecule has 4 aromatic carbocycles. The lowest BCUT2D eigenvalue weighted by atomic mass is 9.84. The molecule has 284 valence electrons. The fraction of sp³-hybridized carbons (Fsp3) is 0.478. The van der Waals surface area contributed by atoms with Gasteiger partial charge >= 0.3 is 6.18 Å². The van der Waals surface area contributed by atoms with Crippen LogP contribution in [0.15, 0.2) is 78.9 Å². The zero-order valence-corrected chi connectivity index (χ0v) is 34.9. The minimum absolute atomic E-state index is 0. The third kappa shape index (κ3) is 16.2. The van der Waals surface area contributed by atoms with Gasteiger partial charge in [0.2, 0.25) is 0 Å². The Morgan fingerprint density at radius 2 is 0.863 bits per heavy atom. The van der Waals surface area contributed by atoms with E-state index in [4.69, 9.17) is 23.2 Å². The van der Waals surface area contributed by atoms with Crippen molar-refractivity contribution in [3.05, 3.63) is 139 Å². The van der Waals surface area contributed by atoms with E-state index in [1.807, 2.05) is 39.0 Å². The first kappa shape index (κ1) is 48.2.